The number of thiophene rings is 1. The third kappa shape index (κ3) is 3.55. The molecule has 2 aromatic rings. The minimum absolute atomic E-state index is 0.499. The molecule has 0 aliphatic rings. The van der Waals surface area contributed by atoms with Crippen molar-refractivity contribution < 1.29 is 9.47 Å². The Kier molecular flexibility index (Phi) is 5.10. The molecule has 0 aliphatic heterocycles. The highest BCUT2D eigenvalue weighted by Crippen LogP contribution is 2.33. The van der Waals surface area contributed by atoms with Crippen LogP contribution in [0.15, 0.2) is 24.3 Å². The molecule has 0 amide bonds. The molecule has 106 valence electrons. The number of methoxy groups -OCH3 is 2. The van der Waals surface area contributed by atoms with Gasteiger partial charge in [-0.2, -0.15) is 0 Å². The van der Waals surface area contributed by atoms with E-state index in [1.807, 2.05) is 12.1 Å². The van der Waals surface area contributed by atoms with Crippen molar-refractivity contribution in [3.8, 4) is 11.5 Å². The van der Waals surface area contributed by atoms with Crippen molar-refractivity contribution in [3.05, 3.63) is 38.5 Å². The summed E-state index contributed by atoms with van der Waals surface area (Å²) in [5.41, 5.74) is 0.770. The molecule has 3 nitrogen and oxygen atoms in total. The Hall–Kier alpha value is -1.01. The Balaban J connectivity index is 2.22. The van der Waals surface area contributed by atoms with Gasteiger partial charge in [-0.1, -0.05) is 35.4 Å². The Bertz CT molecular complexity index is 602. The first-order valence-corrected chi connectivity index (χ1v) is 7.51. The summed E-state index contributed by atoms with van der Waals surface area (Å²) in [5.74, 6) is 1.36. The molecule has 0 spiro atoms. The fourth-order valence-electron chi connectivity index (χ4n) is 1.53. The zero-order chi connectivity index (χ0) is 14.7. The Morgan fingerprint density at radius 2 is 1.70 bits per heavy atom. The van der Waals surface area contributed by atoms with Gasteiger partial charge in [-0.05, 0) is 6.07 Å². The molecule has 0 unspecified atom stereocenters. The number of ether oxygens (including phenoxy) is 2. The van der Waals surface area contributed by atoms with Gasteiger partial charge >= 0.3 is 0 Å². The lowest BCUT2D eigenvalue weighted by Crippen LogP contribution is -2.08. The largest absolute Gasteiger partial charge is 0.497 e. The van der Waals surface area contributed by atoms with Gasteiger partial charge in [0, 0.05) is 23.9 Å². The van der Waals surface area contributed by atoms with E-state index in [-0.39, 0.29) is 0 Å². The standard InChI is InChI=1S/C13H11Cl2NO2S2/c1-17-8-3-7(4-9(5-8)18-2)16-13(19)11-6-10(14)12(15)20-11/h3-6H,1-2H3,(H,16,19). The minimum atomic E-state index is 0.499. The zero-order valence-electron chi connectivity index (χ0n) is 10.7. The number of nitrogens with one attached hydrogen (secondary N) is 1. The van der Waals surface area contributed by atoms with Crippen molar-refractivity contribution >= 4 is 57.4 Å². The highest BCUT2D eigenvalue weighted by molar-refractivity contribution is 7.81. The second-order valence-corrected chi connectivity index (χ2v) is 6.26. The highest BCUT2D eigenvalue weighted by atomic mass is 35.5. The van der Waals surface area contributed by atoms with E-state index in [9.17, 15) is 0 Å². The first kappa shape index (κ1) is 15.4. The maximum absolute atomic E-state index is 5.93. The number of rotatable bonds is 4. The summed E-state index contributed by atoms with van der Waals surface area (Å²) in [6, 6.07) is 7.17. The average Bonchev–Trinajstić information content (AvgIpc) is 2.78. The summed E-state index contributed by atoms with van der Waals surface area (Å²) in [6.07, 6.45) is 0. The van der Waals surface area contributed by atoms with Gasteiger partial charge in [-0.15, -0.1) is 11.3 Å². The normalized spacial score (nSPS) is 10.2. The second-order valence-electron chi connectivity index (χ2n) is 3.79. The van der Waals surface area contributed by atoms with Gasteiger partial charge in [0.15, 0.2) is 0 Å². The van der Waals surface area contributed by atoms with Crippen molar-refractivity contribution in [2.24, 2.45) is 0 Å². The lowest BCUT2D eigenvalue weighted by molar-refractivity contribution is 0.395. The van der Waals surface area contributed by atoms with E-state index in [1.54, 1.807) is 26.4 Å². The molecule has 0 aliphatic carbocycles. The molecule has 0 atom stereocenters. The van der Waals surface area contributed by atoms with Crippen LogP contribution in [-0.2, 0) is 0 Å². The van der Waals surface area contributed by atoms with Crippen molar-refractivity contribution in [2.45, 2.75) is 0 Å². The number of benzene rings is 1. The van der Waals surface area contributed by atoms with Gasteiger partial charge in [0.2, 0.25) is 0 Å². The van der Waals surface area contributed by atoms with Crippen LogP contribution in [0.5, 0.6) is 11.5 Å². The fourth-order valence-corrected chi connectivity index (χ4v) is 3.10. The molecule has 0 fully saturated rings. The summed E-state index contributed by atoms with van der Waals surface area (Å²) < 4.78 is 10.9. The number of anilines is 1. The maximum Gasteiger partial charge on any atom is 0.124 e. The van der Waals surface area contributed by atoms with Crippen LogP contribution in [0, 0.1) is 0 Å². The predicted octanol–water partition coefficient (Wildman–Crippen LogP) is 4.86. The molecule has 20 heavy (non-hydrogen) atoms. The molecule has 0 radical (unpaired) electrons. The monoisotopic (exact) mass is 347 g/mol. The van der Waals surface area contributed by atoms with Gasteiger partial charge in [-0.3, -0.25) is 0 Å². The van der Waals surface area contributed by atoms with Crippen molar-refractivity contribution in [1.82, 2.24) is 0 Å². The SMILES string of the molecule is COc1cc(NC(=S)c2cc(Cl)c(Cl)s2)cc(OC)c1. The summed E-state index contributed by atoms with van der Waals surface area (Å²) in [4.78, 5) is 1.34. The highest BCUT2D eigenvalue weighted by Gasteiger charge is 2.10. The fraction of sp³-hybridized carbons (Fsp3) is 0.154. The van der Waals surface area contributed by atoms with Crippen LogP contribution in [0.1, 0.15) is 4.88 Å². The van der Waals surface area contributed by atoms with Gasteiger partial charge in [0.05, 0.1) is 24.1 Å². The molecule has 0 saturated carbocycles. The van der Waals surface area contributed by atoms with Crippen LogP contribution in [0.3, 0.4) is 0 Å². The Labute approximate surface area is 136 Å². The molecule has 1 aromatic heterocycles. The van der Waals surface area contributed by atoms with Crippen molar-refractivity contribution in [2.75, 3.05) is 19.5 Å². The van der Waals surface area contributed by atoms with E-state index < -0.39 is 0 Å². The van der Waals surface area contributed by atoms with E-state index in [0.29, 0.717) is 25.8 Å². The van der Waals surface area contributed by atoms with Crippen LogP contribution in [-0.4, -0.2) is 19.2 Å². The molecular formula is C13H11Cl2NO2S2. The van der Waals surface area contributed by atoms with E-state index >= 15 is 0 Å². The van der Waals surface area contributed by atoms with Gasteiger partial charge in [0.1, 0.15) is 20.8 Å². The lowest BCUT2D eigenvalue weighted by atomic mass is 10.2. The van der Waals surface area contributed by atoms with Crippen LogP contribution < -0.4 is 14.8 Å². The first-order chi connectivity index (χ1) is 9.53. The minimum Gasteiger partial charge on any atom is -0.497 e. The van der Waals surface area contributed by atoms with Crippen LogP contribution in [0.25, 0.3) is 0 Å². The molecule has 0 bridgehead atoms. The average molecular weight is 348 g/mol. The molecule has 0 saturated heterocycles. The summed E-state index contributed by atoms with van der Waals surface area (Å²) in [5, 5.41) is 3.61. The summed E-state index contributed by atoms with van der Waals surface area (Å²) >= 11 is 18.5. The molecule has 2 rings (SSSR count). The van der Waals surface area contributed by atoms with Crippen LogP contribution in [0.4, 0.5) is 5.69 Å². The van der Waals surface area contributed by atoms with Gasteiger partial charge in [-0.25, -0.2) is 0 Å². The summed E-state index contributed by atoms with van der Waals surface area (Å²) in [6.45, 7) is 0. The Morgan fingerprint density at radius 3 is 2.15 bits per heavy atom. The van der Waals surface area contributed by atoms with E-state index in [0.717, 1.165) is 10.6 Å². The number of thiocarbonyl (C=S) groups is 1. The van der Waals surface area contributed by atoms with Gasteiger partial charge in [0.25, 0.3) is 0 Å². The summed E-state index contributed by atoms with van der Waals surface area (Å²) in [7, 11) is 3.19. The number of hydrogen-bond acceptors (Lipinski definition) is 4. The maximum atomic E-state index is 5.93. The Morgan fingerprint density at radius 1 is 1.10 bits per heavy atom. The third-order valence-corrected chi connectivity index (χ3v) is 4.81. The van der Waals surface area contributed by atoms with Crippen LogP contribution >= 0.6 is 46.8 Å². The first-order valence-electron chi connectivity index (χ1n) is 5.52. The van der Waals surface area contributed by atoms with Crippen molar-refractivity contribution in [3.63, 3.8) is 0 Å². The third-order valence-electron chi connectivity index (χ3n) is 2.48. The molecule has 7 heteroatoms. The second kappa shape index (κ2) is 6.63. The molecular weight excluding hydrogens is 337 g/mol. The molecule has 1 N–H and O–H groups in total. The smallest absolute Gasteiger partial charge is 0.124 e. The molecule has 1 aromatic carbocycles. The van der Waals surface area contributed by atoms with E-state index in [1.165, 1.54) is 11.3 Å². The van der Waals surface area contributed by atoms with E-state index in [4.69, 9.17) is 44.9 Å². The number of halogens is 2. The lowest BCUT2D eigenvalue weighted by Gasteiger charge is -2.10. The molecule has 1 heterocycles. The van der Waals surface area contributed by atoms with Gasteiger partial charge < -0.3 is 14.8 Å². The van der Waals surface area contributed by atoms with E-state index in [2.05, 4.69) is 5.32 Å². The quantitative estimate of drug-likeness (QED) is 0.800. The predicted molar refractivity (Wildman–Crippen MR) is 89.2 cm³/mol. The zero-order valence-corrected chi connectivity index (χ0v) is 13.8. The van der Waals surface area contributed by atoms with Crippen LogP contribution in [0.2, 0.25) is 9.36 Å². The number of hydrogen-bond donors (Lipinski definition) is 1. The topological polar surface area (TPSA) is 30.5 Å². The van der Waals surface area contributed by atoms with Crippen molar-refractivity contribution in [1.29, 1.82) is 0 Å².